The van der Waals surface area contributed by atoms with E-state index < -0.39 is 34.3 Å². The molecular formula is C36H38FN3O5S. The lowest BCUT2D eigenvalue weighted by atomic mass is 10.0. The molecule has 10 heteroatoms. The number of sulfonamides is 1. The molecule has 2 amide bonds. The van der Waals surface area contributed by atoms with E-state index in [4.69, 9.17) is 4.74 Å². The summed E-state index contributed by atoms with van der Waals surface area (Å²) in [6.07, 6.45) is 3.85. The van der Waals surface area contributed by atoms with Crippen LogP contribution in [0.2, 0.25) is 0 Å². The Morgan fingerprint density at radius 1 is 0.870 bits per heavy atom. The van der Waals surface area contributed by atoms with Crippen LogP contribution in [0.1, 0.15) is 36.8 Å². The second-order valence-electron chi connectivity index (χ2n) is 11.3. The normalized spacial score (nSPS) is 14.0. The van der Waals surface area contributed by atoms with Crippen molar-refractivity contribution in [3.05, 3.63) is 126 Å². The van der Waals surface area contributed by atoms with Gasteiger partial charge in [-0.25, -0.2) is 12.8 Å². The van der Waals surface area contributed by atoms with E-state index in [0.29, 0.717) is 5.75 Å². The molecular weight excluding hydrogens is 605 g/mol. The van der Waals surface area contributed by atoms with Gasteiger partial charge in [-0.15, -0.1) is 0 Å². The topological polar surface area (TPSA) is 96.0 Å². The van der Waals surface area contributed by atoms with Gasteiger partial charge in [0, 0.05) is 24.6 Å². The summed E-state index contributed by atoms with van der Waals surface area (Å²) >= 11 is 0. The largest absolute Gasteiger partial charge is 0.497 e. The lowest BCUT2D eigenvalue weighted by Gasteiger charge is -2.34. The van der Waals surface area contributed by atoms with Gasteiger partial charge in [-0.3, -0.25) is 13.9 Å². The number of rotatable bonds is 13. The van der Waals surface area contributed by atoms with Gasteiger partial charge in [-0.1, -0.05) is 79.6 Å². The third kappa shape index (κ3) is 7.92. The first-order valence-electron chi connectivity index (χ1n) is 15.4. The standard InChI is InChI=1S/C36H38FN3O5S/c1-45-31-20-22-32(23-21-31)46(43,44)40(30-17-6-3-7-18-30)26-35(41)39(25-28-14-8-11-19-33(28)37)34(24-27-12-4-2-5-13-27)36(42)38-29-15-9-10-16-29/h2-8,11-14,17-23,29,34H,9-10,15-16,24-26H2,1H3,(H,38,42)/t34-/m0/s1. The minimum absolute atomic E-state index is 0.0209. The summed E-state index contributed by atoms with van der Waals surface area (Å²) in [5, 5.41) is 3.12. The summed E-state index contributed by atoms with van der Waals surface area (Å²) in [7, 11) is -2.77. The van der Waals surface area contributed by atoms with Crippen LogP contribution < -0.4 is 14.4 Å². The maximum atomic E-state index is 15.1. The molecule has 1 fully saturated rings. The van der Waals surface area contributed by atoms with Crippen molar-refractivity contribution in [2.24, 2.45) is 0 Å². The average molecular weight is 644 g/mol. The molecule has 0 bridgehead atoms. The number of amides is 2. The Morgan fingerprint density at radius 2 is 1.48 bits per heavy atom. The van der Waals surface area contributed by atoms with Crippen LogP contribution >= 0.6 is 0 Å². The molecule has 1 N–H and O–H groups in total. The molecule has 0 saturated heterocycles. The molecule has 8 nitrogen and oxygen atoms in total. The average Bonchev–Trinajstić information content (AvgIpc) is 3.59. The summed E-state index contributed by atoms with van der Waals surface area (Å²) in [6, 6.07) is 28.5. The minimum Gasteiger partial charge on any atom is -0.497 e. The fraction of sp³-hybridized carbons (Fsp3) is 0.278. The first-order valence-corrected chi connectivity index (χ1v) is 16.8. The maximum absolute atomic E-state index is 15.1. The fourth-order valence-corrected chi connectivity index (χ4v) is 7.14. The van der Waals surface area contributed by atoms with Gasteiger partial charge in [-0.05, 0) is 60.9 Å². The zero-order chi connectivity index (χ0) is 32.5. The predicted octanol–water partition coefficient (Wildman–Crippen LogP) is 5.73. The zero-order valence-electron chi connectivity index (χ0n) is 25.7. The molecule has 1 aliphatic carbocycles. The van der Waals surface area contributed by atoms with Crippen LogP contribution in [0.25, 0.3) is 0 Å². The van der Waals surface area contributed by atoms with Gasteiger partial charge in [-0.2, -0.15) is 0 Å². The van der Waals surface area contributed by atoms with E-state index in [-0.39, 0.29) is 41.1 Å². The van der Waals surface area contributed by atoms with E-state index in [2.05, 4.69) is 5.32 Å². The number of hydrogen-bond donors (Lipinski definition) is 1. The highest BCUT2D eigenvalue weighted by Gasteiger charge is 2.36. The third-order valence-corrected chi connectivity index (χ3v) is 10.0. The molecule has 0 spiro atoms. The maximum Gasteiger partial charge on any atom is 0.264 e. The summed E-state index contributed by atoms with van der Waals surface area (Å²) < 4.78 is 49.5. The van der Waals surface area contributed by atoms with Crippen molar-refractivity contribution in [1.82, 2.24) is 10.2 Å². The Kier molecular flexibility index (Phi) is 10.7. The highest BCUT2D eigenvalue weighted by atomic mass is 32.2. The first-order chi connectivity index (χ1) is 22.3. The zero-order valence-corrected chi connectivity index (χ0v) is 26.5. The minimum atomic E-state index is -4.26. The molecule has 240 valence electrons. The number of para-hydroxylation sites is 1. The van der Waals surface area contributed by atoms with Crippen LogP contribution in [0, 0.1) is 5.82 Å². The highest BCUT2D eigenvalue weighted by Crippen LogP contribution is 2.27. The van der Waals surface area contributed by atoms with Gasteiger partial charge >= 0.3 is 0 Å². The Labute approximate surface area is 269 Å². The van der Waals surface area contributed by atoms with Crippen LogP contribution in [-0.2, 0) is 32.6 Å². The third-order valence-electron chi connectivity index (χ3n) is 8.24. The molecule has 4 aromatic rings. The molecule has 46 heavy (non-hydrogen) atoms. The summed E-state index contributed by atoms with van der Waals surface area (Å²) in [6.45, 7) is -0.846. The number of carbonyl (C=O) groups excluding carboxylic acids is 2. The van der Waals surface area contributed by atoms with Crippen LogP contribution in [0.5, 0.6) is 5.75 Å². The van der Waals surface area contributed by atoms with Gasteiger partial charge in [0.2, 0.25) is 11.8 Å². The van der Waals surface area contributed by atoms with E-state index in [1.54, 1.807) is 48.5 Å². The lowest BCUT2D eigenvalue weighted by Crippen LogP contribution is -2.54. The van der Waals surface area contributed by atoms with E-state index in [0.717, 1.165) is 35.6 Å². The van der Waals surface area contributed by atoms with Gasteiger partial charge in [0.05, 0.1) is 17.7 Å². The van der Waals surface area contributed by atoms with Crippen molar-refractivity contribution in [3.8, 4) is 5.75 Å². The Morgan fingerprint density at radius 3 is 2.11 bits per heavy atom. The molecule has 4 aromatic carbocycles. The number of hydrogen-bond acceptors (Lipinski definition) is 5. The highest BCUT2D eigenvalue weighted by molar-refractivity contribution is 7.92. The molecule has 1 aliphatic rings. The number of anilines is 1. The number of benzene rings is 4. The van der Waals surface area contributed by atoms with Crippen LogP contribution in [0.4, 0.5) is 10.1 Å². The smallest absolute Gasteiger partial charge is 0.264 e. The number of nitrogens with one attached hydrogen (secondary N) is 1. The molecule has 0 radical (unpaired) electrons. The fourth-order valence-electron chi connectivity index (χ4n) is 5.73. The van der Waals surface area contributed by atoms with Crippen LogP contribution in [-0.4, -0.2) is 50.9 Å². The number of ether oxygens (including phenoxy) is 1. The summed E-state index contributed by atoms with van der Waals surface area (Å²) in [5.74, 6) is -1.05. The van der Waals surface area contributed by atoms with Crippen LogP contribution in [0.15, 0.2) is 114 Å². The quantitative estimate of drug-likeness (QED) is 0.201. The molecule has 0 heterocycles. The second-order valence-corrected chi connectivity index (χ2v) is 13.2. The lowest BCUT2D eigenvalue weighted by molar-refractivity contribution is -0.140. The number of methoxy groups -OCH3 is 1. The van der Waals surface area contributed by atoms with Crippen molar-refractivity contribution < 1.29 is 27.1 Å². The molecule has 1 atom stereocenters. The predicted molar refractivity (Wildman–Crippen MR) is 175 cm³/mol. The second kappa shape index (κ2) is 15.1. The molecule has 1 saturated carbocycles. The van der Waals surface area contributed by atoms with Gasteiger partial charge in [0.25, 0.3) is 10.0 Å². The Bertz CT molecular complexity index is 1710. The number of carbonyl (C=O) groups is 2. The number of nitrogens with zero attached hydrogens (tertiary/aromatic N) is 2. The molecule has 0 aromatic heterocycles. The Balaban J connectivity index is 1.55. The molecule has 0 unspecified atom stereocenters. The van der Waals surface area contributed by atoms with E-state index in [9.17, 15) is 18.0 Å². The van der Waals surface area contributed by atoms with E-state index >= 15 is 4.39 Å². The monoisotopic (exact) mass is 643 g/mol. The molecule has 5 rings (SSSR count). The number of halogens is 1. The van der Waals surface area contributed by atoms with Crippen molar-refractivity contribution >= 4 is 27.5 Å². The molecule has 0 aliphatic heterocycles. The van der Waals surface area contributed by atoms with Gasteiger partial charge in [0.1, 0.15) is 24.2 Å². The van der Waals surface area contributed by atoms with Crippen molar-refractivity contribution in [2.45, 2.75) is 55.6 Å². The van der Waals surface area contributed by atoms with Gasteiger partial charge < -0.3 is 15.0 Å². The first kappa shape index (κ1) is 32.7. The van der Waals surface area contributed by atoms with Crippen molar-refractivity contribution in [1.29, 1.82) is 0 Å². The van der Waals surface area contributed by atoms with Crippen molar-refractivity contribution in [3.63, 3.8) is 0 Å². The SMILES string of the molecule is COc1ccc(S(=O)(=O)N(CC(=O)N(Cc2ccccc2F)[C@@H](Cc2ccccc2)C(=O)NC2CCCC2)c2ccccc2)cc1. The van der Waals surface area contributed by atoms with E-state index in [1.165, 1.54) is 42.3 Å². The van der Waals surface area contributed by atoms with Crippen molar-refractivity contribution in [2.75, 3.05) is 18.0 Å². The van der Waals surface area contributed by atoms with E-state index in [1.807, 2.05) is 30.3 Å². The summed E-state index contributed by atoms with van der Waals surface area (Å²) in [5.41, 5.74) is 1.30. The van der Waals surface area contributed by atoms with Gasteiger partial charge in [0.15, 0.2) is 0 Å². The Hall–Kier alpha value is -4.70. The summed E-state index contributed by atoms with van der Waals surface area (Å²) in [4.78, 5) is 29.8. The van der Waals surface area contributed by atoms with Crippen LogP contribution in [0.3, 0.4) is 0 Å².